The molecule has 0 unspecified atom stereocenters. The van der Waals surface area contributed by atoms with Crippen molar-refractivity contribution < 1.29 is 14.3 Å². The van der Waals surface area contributed by atoms with Gasteiger partial charge in [0.2, 0.25) is 0 Å². The summed E-state index contributed by atoms with van der Waals surface area (Å²) in [6, 6.07) is 14.0. The molecule has 3 nitrogen and oxygen atoms in total. The van der Waals surface area contributed by atoms with Crippen molar-refractivity contribution in [3.8, 4) is 22.3 Å². The van der Waals surface area contributed by atoms with Gasteiger partial charge >= 0.3 is 5.97 Å². The van der Waals surface area contributed by atoms with E-state index in [1.807, 2.05) is 36.4 Å². The molecule has 0 fully saturated rings. The Morgan fingerprint density at radius 3 is 2.60 bits per heavy atom. The maximum Gasteiger partial charge on any atom is 0.303 e. The van der Waals surface area contributed by atoms with Crippen molar-refractivity contribution in [1.82, 2.24) is 0 Å². The highest BCUT2D eigenvalue weighted by molar-refractivity contribution is 5.88. The minimum absolute atomic E-state index is 0.138. The average molecular weight is 266 g/mol. The van der Waals surface area contributed by atoms with Crippen LogP contribution in [0.15, 0.2) is 59.4 Å². The molecule has 1 aromatic rings. The van der Waals surface area contributed by atoms with Crippen LogP contribution in [0.3, 0.4) is 0 Å². The van der Waals surface area contributed by atoms with Crippen LogP contribution in [-0.4, -0.2) is 11.1 Å². The number of aliphatic carboxylic acids is 1. The lowest BCUT2D eigenvalue weighted by molar-refractivity contribution is -0.136. The summed E-state index contributed by atoms with van der Waals surface area (Å²) in [7, 11) is 0. The predicted molar refractivity (Wildman–Crippen MR) is 76.7 cm³/mol. The van der Waals surface area contributed by atoms with E-state index in [1.54, 1.807) is 12.5 Å². The van der Waals surface area contributed by atoms with Crippen LogP contribution < -0.4 is 0 Å². The molecule has 1 N–H and O–H groups in total. The van der Waals surface area contributed by atoms with E-state index in [9.17, 15) is 4.79 Å². The number of hydrogen-bond acceptors (Lipinski definition) is 2. The first-order valence-electron chi connectivity index (χ1n) is 6.50. The summed E-state index contributed by atoms with van der Waals surface area (Å²) in [6.07, 6.45) is 4.02. The van der Waals surface area contributed by atoms with Crippen LogP contribution in [0, 0.1) is 0 Å². The first-order chi connectivity index (χ1) is 9.75. The number of rotatable bonds is 4. The Labute approximate surface area is 116 Å². The normalized spacial score (nSPS) is 10.8. The Kier molecular flexibility index (Phi) is 3.25. The summed E-state index contributed by atoms with van der Waals surface area (Å²) in [4.78, 5) is 10.8. The summed E-state index contributed by atoms with van der Waals surface area (Å²) < 4.78 is 5.28. The fraction of sp³-hybridized carbons (Fsp3) is 0.118. The number of aryl methyl sites for hydroxylation is 1. The highest BCUT2D eigenvalue weighted by atomic mass is 16.4. The molecule has 1 aliphatic carbocycles. The first kappa shape index (κ1) is 12.5. The van der Waals surface area contributed by atoms with Crippen molar-refractivity contribution >= 4 is 5.97 Å². The Morgan fingerprint density at radius 1 is 1.05 bits per heavy atom. The van der Waals surface area contributed by atoms with Crippen LogP contribution in [0.25, 0.3) is 22.3 Å². The second-order valence-electron chi connectivity index (χ2n) is 4.73. The average Bonchev–Trinajstić information content (AvgIpc) is 2.85. The van der Waals surface area contributed by atoms with Crippen molar-refractivity contribution in [2.24, 2.45) is 0 Å². The molecule has 3 rings (SSSR count). The maximum absolute atomic E-state index is 10.8. The van der Waals surface area contributed by atoms with Crippen molar-refractivity contribution in [3.63, 3.8) is 0 Å². The molecule has 0 atom stereocenters. The van der Waals surface area contributed by atoms with Gasteiger partial charge in [-0.3, -0.25) is 4.79 Å². The van der Waals surface area contributed by atoms with Gasteiger partial charge in [-0.15, -0.1) is 0 Å². The second kappa shape index (κ2) is 5.21. The summed E-state index contributed by atoms with van der Waals surface area (Å²) in [5, 5.41) is 8.85. The molecule has 20 heavy (non-hydrogen) atoms. The van der Waals surface area contributed by atoms with Gasteiger partial charge in [-0.1, -0.05) is 30.3 Å². The van der Waals surface area contributed by atoms with Gasteiger partial charge in [-0.05, 0) is 40.8 Å². The van der Waals surface area contributed by atoms with E-state index in [0.29, 0.717) is 6.42 Å². The summed E-state index contributed by atoms with van der Waals surface area (Å²) in [6.45, 7) is 0. The zero-order valence-electron chi connectivity index (χ0n) is 10.9. The van der Waals surface area contributed by atoms with E-state index in [1.165, 1.54) is 0 Å². The lowest BCUT2D eigenvalue weighted by Crippen LogP contribution is -1.97. The highest BCUT2D eigenvalue weighted by Gasteiger charge is 2.17. The third-order valence-electron chi connectivity index (χ3n) is 3.44. The first-order valence-corrected chi connectivity index (χ1v) is 6.50. The SMILES string of the molecule is O=C(O)CCc1cc(-c2ccccc2)c2coccc1-2. The molecule has 1 aliphatic heterocycles. The molecule has 100 valence electrons. The summed E-state index contributed by atoms with van der Waals surface area (Å²) >= 11 is 0. The third kappa shape index (κ3) is 2.30. The number of carboxylic acids is 1. The van der Waals surface area contributed by atoms with E-state index in [4.69, 9.17) is 9.52 Å². The highest BCUT2D eigenvalue weighted by Crippen LogP contribution is 2.39. The van der Waals surface area contributed by atoms with Gasteiger partial charge in [0.25, 0.3) is 0 Å². The molecule has 0 radical (unpaired) electrons. The van der Waals surface area contributed by atoms with Gasteiger partial charge in [0.05, 0.1) is 12.5 Å². The zero-order valence-corrected chi connectivity index (χ0v) is 10.9. The van der Waals surface area contributed by atoms with Crippen molar-refractivity contribution in [2.75, 3.05) is 0 Å². The van der Waals surface area contributed by atoms with Crippen molar-refractivity contribution in [1.29, 1.82) is 0 Å². The standard InChI is InChI=1S/C17H14O3/c18-17(19)7-6-13-10-15(12-4-2-1-3-5-12)16-11-20-9-8-14(13)16/h1-5,8-11H,6-7H2,(H,18,19). The van der Waals surface area contributed by atoms with Gasteiger partial charge < -0.3 is 9.52 Å². The monoisotopic (exact) mass is 266 g/mol. The molecule has 1 heterocycles. The van der Waals surface area contributed by atoms with Crippen LogP contribution in [0.4, 0.5) is 0 Å². The molecule has 0 saturated heterocycles. The molecular formula is C17H14O3. The molecule has 1 aromatic carbocycles. The topological polar surface area (TPSA) is 50.4 Å². The molecule has 3 heteroatoms. The third-order valence-corrected chi connectivity index (χ3v) is 3.44. The molecule has 0 saturated carbocycles. The van der Waals surface area contributed by atoms with Gasteiger partial charge in [-0.25, -0.2) is 0 Å². The Hall–Kier alpha value is -2.55. The number of carbonyl (C=O) groups is 1. The van der Waals surface area contributed by atoms with Gasteiger partial charge in [0, 0.05) is 12.0 Å². The maximum atomic E-state index is 10.8. The molecule has 0 spiro atoms. The largest absolute Gasteiger partial charge is 0.481 e. The summed E-state index contributed by atoms with van der Waals surface area (Å²) in [5.74, 6) is -0.777. The van der Waals surface area contributed by atoms with Crippen molar-refractivity contribution in [2.45, 2.75) is 12.8 Å². The lowest BCUT2D eigenvalue weighted by atomic mass is 10.0. The second-order valence-corrected chi connectivity index (χ2v) is 4.73. The van der Waals surface area contributed by atoms with Gasteiger partial charge in [0.1, 0.15) is 0 Å². The number of hydrogen-bond donors (Lipinski definition) is 1. The Balaban J connectivity index is 2.07. The van der Waals surface area contributed by atoms with E-state index >= 15 is 0 Å². The molecule has 2 aliphatic rings. The van der Waals surface area contributed by atoms with Crippen LogP contribution >= 0.6 is 0 Å². The molecule has 0 amide bonds. The lowest BCUT2D eigenvalue weighted by Gasteiger charge is -2.03. The number of fused-ring (bicyclic) bond motifs is 1. The smallest absolute Gasteiger partial charge is 0.303 e. The fourth-order valence-electron chi connectivity index (χ4n) is 2.49. The van der Waals surface area contributed by atoms with E-state index in [-0.39, 0.29) is 6.42 Å². The molecule has 0 bridgehead atoms. The van der Waals surface area contributed by atoms with Crippen LogP contribution in [0.2, 0.25) is 0 Å². The molecular weight excluding hydrogens is 252 g/mol. The van der Waals surface area contributed by atoms with Gasteiger partial charge in [-0.2, -0.15) is 0 Å². The van der Waals surface area contributed by atoms with Crippen LogP contribution in [0.1, 0.15) is 12.0 Å². The van der Waals surface area contributed by atoms with Crippen LogP contribution in [-0.2, 0) is 11.2 Å². The van der Waals surface area contributed by atoms with Crippen molar-refractivity contribution in [3.05, 3.63) is 60.6 Å². The quantitative estimate of drug-likeness (QED) is 0.774. The van der Waals surface area contributed by atoms with Crippen LogP contribution in [0.5, 0.6) is 0 Å². The fourth-order valence-corrected chi connectivity index (χ4v) is 2.49. The Morgan fingerprint density at radius 2 is 1.85 bits per heavy atom. The Bertz CT molecular complexity index is 698. The minimum Gasteiger partial charge on any atom is -0.481 e. The number of carboxylic acid groups (broad SMARTS) is 1. The molecule has 0 aromatic heterocycles. The van der Waals surface area contributed by atoms with E-state index < -0.39 is 5.97 Å². The van der Waals surface area contributed by atoms with E-state index in [0.717, 1.165) is 27.8 Å². The predicted octanol–water partition coefficient (Wildman–Crippen LogP) is 4.07. The minimum atomic E-state index is -0.777. The van der Waals surface area contributed by atoms with Gasteiger partial charge in [0.15, 0.2) is 0 Å². The zero-order chi connectivity index (χ0) is 13.9. The number of benzene rings is 1. The van der Waals surface area contributed by atoms with E-state index in [2.05, 4.69) is 6.07 Å². The summed E-state index contributed by atoms with van der Waals surface area (Å²) in [5.41, 5.74) is 5.35.